The van der Waals surface area contributed by atoms with E-state index >= 15 is 0 Å². The number of imidazole rings is 1. The van der Waals surface area contributed by atoms with Crippen LogP contribution >= 0.6 is 0 Å². The molecular formula is C26H38F2N4O4S. The third kappa shape index (κ3) is 7.49. The minimum atomic E-state index is -3.05. The van der Waals surface area contributed by atoms with E-state index in [0.29, 0.717) is 43.7 Å². The van der Waals surface area contributed by atoms with Gasteiger partial charge in [0, 0.05) is 25.4 Å². The highest BCUT2D eigenvalue weighted by Crippen LogP contribution is 2.31. The van der Waals surface area contributed by atoms with Gasteiger partial charge in [0.25, 0.3) is 5.91 Å². The number of carbonyl (C=O) groups is 1. The molecule has 0 aromatic carbocycles. The Morgan fingerprint density at radius 1 is 1.24 bits per heavy atom. The van der Waals surface area contributed by atoms with E-state index in [0.717, 1.165) is 18.4 Å². The van der Waals surface area contributed by atoms with Gasteiger partial charge in [0.1, 0.15) is 21.4 Å². The van der Waals surface area contributed by atoms with Crippen LogP contribution in [0.25, 0.3) is 5.82 Å². The highest BCUT2D eigenvalue weighted by Gasteiger charge is 2.29. The summed E-state index contributed by atoms with van der Waals surface area (Å²) in [4.78, 5) is 22.0. The number of ether oxygens (including phenoxy) is 1. The molecule has 2 aromatic rings. The second-order valence-corrected chi connectivity index (χ2v) is 13.4. The number of nitrogens with one attached hydrogen (secondary N) is 1. The van der Waals surface area contributed by atoms with E-state index in [1.165, 1.54) is 6.26 Å². The monoisotopic (exact) mass is 540 g/mol. The zero-order chi connectivity index (χ0) is 27.5. The quantitative estimate of drug-likeness (QED) is 0.496. The van der Waals surface area contributed by atoms with Gasteiger partial charge in [0.05, 0.1) is 10.9 Å². The first kappa shape index (κ1) is 29.0. The third-order valence-corrected chi connectivity index (χ3v) is 8.39. The number of alkyl halides is 2. The van der Waals surface area contributed by atoms with Gasteiger partial charge >= 0.3 is 6.61 Å². The Bertz CT molecular complexity index is 1210. The molecule has 3 rings (SSSR count). The summed E-state index contributed by atoms with van der Waals surface area (Å²) in [6, 6.07) is 1.57. The number of hydrogen-bond acceptors (Lipinski definition) is 6. The van der Waals surface area contributed by atoms with Gasteiger partial charge in [-0.1, -0.05) is 27.7 Å². The van der Waals surface area contributed by atoms with Crippen molar-refractivity contribution in [2.75, 3.05) is 12.8 Å². The van der Waals surface area contributed by atoms with Gasteiger partial charge in [-0.05, 0) is 62.0 Å². The predicted octanol–water partition coefficient (Wildman–Crippen LogP) is 4.66. The largest absolute Gasteiger partial charge is 0.431 e. The molecule has 1 fully saturated rings. The van der Waals surface area contributed by atoms with E-state index in [9.17, 15) is 22.0 Å². The fraction of sp³-hybridized carbons (Fsp3) is 0.654. The number of aryl methyl sites for hydroxylation is 1. The van der Waals surface area contributed by atoms with E-state index in [4.69, 9.17) is 4.74 Å². The maximum atomic E-state index is 13.3. The number of pyridine rings is 1. The van der Waals surface area contributed by atoms with Crippen LogP contribution in [0.4, 0.5) is 8.78 Å². The number of amides is 1. The summed E-state index contributed by atoms with van der Waals surface area (Å²) in [6.45, 7) is 7.10. The molecule has 2 aromatic heterocycles. The van der Waals surface area contributed by atoms with E-state index in [1.807, 2.05) is 27.7 Å². The van der Waals surface area contributed by atoms with Gasteiger partial charge in [0.15, 0.2) is 11.6 Å². The van der Waals surface area contributed by atoms with Crippen LogP contribution in [-0.2, 0) is 22.7 Å². The molecule has 11 heteroatoms. The van der Waals surface area contributed by atoms with Crippen molar-refractivity contribution >= 4 is 15.7 Å². The number of hydrogen-bond donors (Lipinski definition) is 1. The lowest BCUT2D eigenvalue weighted by Crippen LogP contribution is -2.34. The molecule has 1 saturated carbocycles. The van der Waals surface area contributed by atoms with E-state index in [-0.39, 0.29) is 39.8 Å². The molecule has 37 heavy (non-hydrogen) atoms. The summed E-state index contributed by atoms with van der Waals surface area (Å²) >= 11 is 0. The first-order chi connectivity index (χ1) is 17.2. The summed E-state index contributed by atoms with van der Waals surface area (Å²) in [5.74, 6) is 0.431. The average molecular weight is 541 g/mol. The van der Waals surface area contributed by atoms with Crippen LogP contribution in [0.15, 0.2) is 12.3 Å². The second kappa shape index (κ2) is 11.4. The highest BCUT2D eigenvalue weighted by molar-refractivity contribution is 7.91. The lowest BCUT2D eigenvalue weighted by atomic mass is 9.89. The zero-order valence-electron chi connectivity index (χ0n) is 22.5. The summed E-state index contributed by atoms with van der Waals surface area (Å²) in [7, 11) is -3.05. The number of halogens is 2. The third-order valence-electron chi connectivity index (χ3n) is 6.71. The lowest BCUT2D eigenvalue weighted by Gasteiger charge is -2.27. The molecule has 0 spiro atoms. The number of sulfone groups is 1. The normalized spacial score (nSPS) is 18.7. The summed E-state index contributed by atoms with van der Waals surface area (Å²) in [5.41, 5.74) is 1.38. The molecule has 0 bridgehead atoms. The van der Waals surface area contributed by atoms with Crippen LogP contribution < -0.4 is 10.1 Å². The van der Waals surface area contributed by atoms with Crippen molar-refractivity contribution in [2.45, 2.75) is 85.0 Å². The maximum Gasteiger partial charge on any atom is 0.387 e. The van der Waals surface area contributed by atoms with Crippen molar-refractivity contribution in [3.05, 3.63) is 35.0 Å². The number of aromatic nitrogens is 3. The lowest BCUT2D eigenvalue weighted by molar-refractivity contribution is -0.0501. The summed E-state index contributed by atoms with van der Waals surface area (Å²) in [6.07, 6.45) is 6.63. The van der Waals surface area contributed by atoms with Crippen molar-refractivity contribution in [1.29, 1.82) is 0 Å². The highest BCUT2D eigenvalue weighted by atomic mass is 32.2. The van der Waals surface area contributed by atoms with Crippen LogP contribution in [0.1, 0.15) is 80.9 Å². The minimum absolute atomic E-state index is 0.0680. The fourth-order valence-electron chi connectivity index (χ4n) is 4.92. The van der Waals surface area contributed by atoms with Crippen LogP contribution in [0.2, 0.25) is 0 Å². The van der Waals surface area contributed by atoms with Crippen molar-refractivity contribution in [2.24, 2.45) is 11.3 Å². The Morgan fingerprint density at radius 3 is 2.43 bits per heavy atom. The standard InChI is InChI=1S/C26H38F2N4O4S/c1-7-21-31-22(24(33)30-14-17-8-10-19(11-9-17)37(6,34)35)16(2)32(21)23-20(36-25(27)28)12-18(15-29-23)13-26(3,4)5/h12,15,17,19,25H,7-11,13-14H2,1-6H3,(H,30,33). The molecule has 1 aliphatic rings. The van der Waals surface area contributed by atoms with Gasteiger partial charge in [-0.15, -0.1) is 0 Å². The van der Waals surface area contributed by atoms with E-state index in [2.05, 4.69) is 15.3 Å². The predicted molar refractivity (Wildman–Crippen MR) is 138 cm³/mol. The summed E-state index contributed by atoms with van der Waals surface area (Å²) < 4.78 is 56.6. The molecule has 1 N–H and O–H groups in total. The van der Waals surface area contributed by atoms with Gasteiger partial charge in [-0.25, -0.2) is 18.4 Å². The number of nitrogens with zero attached hydrogens (tertiary/aromatic N) is 3. The smallest absolute Gasteiger partial charge is 0.387 e. The molecule has 1 amide bonds. The molecule has 1 aliphatic carbocycles. The van der Waals surface area contributed by atoms with Gasteiger partial charge < -0.3 is 10.1 Å². The Balaban J connectivity index is 1.83. The maximum absolute atomic E-state index is 13.3. The zero-order valence-corrected chi connectivity index (χ0v) is 23.3. The number of carbonyl (C=O) groups excluding carboxylic acids is 1. The second-order valence-electron chi connectivity index (χ2n) is 11.1. The molecule has 2 heterocycles. The van der Waals surface area contributed by atoms with Crippen LogP contribution in [-0.4, -0.2) is 53.5 Å². The van der Waals surface area contributed by atoms with Crippen molar-refractivity contribution < 1.29 is 26.7 Å². The first-order valence-electron chi connectivity index (χ1n) is 12.7. The summed E-state index contributed by atoms with van der Waals surface area (Å²) in [5, 5.41) is 2.62. The van der Waals surface area contributed by atoms with Gasteiger partial charge in [-0.2, -0.15) is 8.78 Å². The van der Waals surface area contributed by atoms with E-state index < -0.39 is 16.4 Å². The average Bonchev–Trinajstić information content (AvgIpc) is 3.12. The molecule has 0 unspecified atom stereocenters. The van der Waals surface area contributed by atoms with Crippen LogP contribution in [0, 0.1) is 18.3 Å². The molecule has 0 radical (unpaired) electrons. The molecule has 206 valence electrons. The Kier molecular flexibility index (Phi) is 8.97. The Morgan fingerprint density at radius 2 is 1.89 bits per heavy atom. The minimum Gasteiger partial charge on any atom is -0.431 e. The molecular weight excluding hydrogens is 502 g/mol. The number of rotatable bonds is 9. The van der Waals surface area contributed by atoms with Crippen molar-refractivity contribution in [3.8, 4) is 11.6 Å². The first-order valence-corrected chi connectivity index (χ1v) is 14.6. The molecule has 0 aliphatic heterocycles. The molecule has 0 saturated heterocycles. The van der Waals surface area contributed by atoms with Gasteiger partial charge in [0.2, 0.25) is 0 Å². The fourth-order valence-corrected chi connectivity index (χ4v) is 6.04. The van der Waals surface area contributed by atoms with Gasteiger partial charge in [-0.3, -0.25) is 9.36 Å². The van der Waals surface area contributed by atoms with Crippen molar-refractivity contribution in [1.82, 2.24) is 19.9 Å². The van der Waals surface area contributed by atoms with Crippen LogP contribution in [0.5, 0.6) is 5.75 Å². The SMILES string of the molecule is CCc1nc(C(=O)NCC2CCC(S(C)(=O)=O)CC2)c(C)n1-c1ncc(CC(C)(C)C)cc1OC(F)F. The molecule has 0 atom stereocenters. The molecule has 8 nitrogen and oxygen atoms in total. The Labute approximate surface area is 218 Å². The Hall–Kier alpha value is -2.56. The van der Waals surface area contributed by atoms with Crippen LogP contribution in [0.3, 0.4) is 0 Å². The van der Waals surface area contributed by atoms with Crippen molar-refractivity contribution in [3.63, 3.8) is 0 Å². The topological polar surface area (TPSA) is 103 Å². The van der Waals surface area contributed by atoms with E-state index in [1.54, 1.807) is 23.8 Å².